The van der Waals surface area contributed by atoms with Crippen molar-refractivity contribution in [3.05, 3.63) is 63.6 Å². The van der Waals surface area contributed by atoms with E-state index in [0.29, 0.717) is 10.6 Å². The highest BCUT2D eigenvalue weighted by molar-refractivity contribution is 6.42. The number of carbonyl (C=O) groups is 1. The van der Waals surface area contributed by atoms with Crippen LogP contribution in [-0.4, -0.2) is 11.1 Å². The van der Waals surface area contributed by atoms with Gasteiger partial charge in [-0.2, -0.15) is 0 Å². The number of carboxylic acid groups (broad SMARTS) is 1. The molecular formula is C16H15Cl2NO2. The maximum atomic E-state index is 11.8. The summed E-state index contributed by atoms with van der Waals surface area (Å²) in [7, 11) is 0. The van der Waals surface area contributed by atoms with Crippen molar-refractivity contribution in [2.24, 2.45) is 0 Å². The first-order valence-electron chi connectivity index (χ1n) is 6.38. The average Bonchev–Trinajstić information content (AvgIpc) is 2.44. The molecule has 0 aromatic heterocycles. The van der Waals surface area contributed by atoms with Gasteiger partial charge in [0.05, 0.1) is 10.0 Å². The molecule has 0 aliphatic heterocycles. The van der Waals surface area contributed by atoms with Crippen LogP contribution in [0.2, 0.25) is 10.0 Å². The molecule has 0 fully saturated rings. The molecule has 2 rings (SSSR count). The lowest BCUT2D eigenvalue weighted by Crippen LogP contribution is -2.41. The predicted molar refractivity (Wildman–Crippen MR) is 86.3 cm³/mol. The van der Waals surface area contributed by atoms with Gasteiger partial charge < -0.3 is 10.4 Å². The van der Waals surface area contributed by atoms with E-state index in [9.17, 15) is 9.90 Å². The number of aliphatic carboxylic acids is 1. The fourth-order valence-corrected chi connectivity index (χ4v) is 2.60. The van der Waals surface area contributed by atoms with Crippen molar-refractivity contribution in [1.82, 2.24) is 0 Å². The van der Waals surface area contributed by atoms with Crippen LogP contribution in [0.25, 0.3) is 0 Å². The lowest BCUT2D eigenvalue weighted by Gasteiger charge is -2.29. The lowest BCUT2D eigenvalue weighted by atomic mass is 9.91. The number of benzene rings is 2. The van der Waals surface area contributed by atoms with E-state index in [1.165, 1.54) is 0 Å². The Bertz CT molecular complexity index is 688. The van der Waals surface area contributed by atoms with Crippen LogP contribution in [0, 0.1) is 6.92 Å². The van der Waals surface area contributed by atoms with E-state index in [1.807, 2.05) is 31.2 Å². The molecule has 0 heterocycles. The van der Waals surface area contributed by atoms with Crippen molar-refractivity contribution in [2.45, 2.75) is 19.4 Å². The van der Waals surface area contributed by atoms with Crippen molar-refractivity contribution in [3.8, 4) is 0 Å². The summed E-state index contributed by atoms with van der Waals surface area (Å²) in [5.41, 5.74) is 0.725. The molecule has 5 heteroatoms. The number of para-hydroxylation sites is 1. The largest absolute Gasteiger partial charge is 0.479 e. The zero-order chi connectivity index (χ0) is 15.6. The smallest absolute Gasteiger partial charge is 0.333 e. The van der Waals surface area contributed by atoms with Crippen molar-refractivity contribution in [3.63, 3.8) is 0 Å². The van der Waals surface area contributed by atoms with Crippen LogP contribution >= 0.6 is 23.2 Å². The van der Waals surface area contributed by atoms with Gasteiger partial charge in [0.25, 0.3) is 0 Å². The van der Waals surface area contributed by atoms with Crippen molar-refractivity contribution >= 4 is 34.9 Å². The van der Waals surface area contributed by atoms with Crippen LogP contribution in [0.4, 0.5) is 5.69 Å². The number of halogens is 2. The van der Waals surface area contributed by atoms with Gasteiger partial charge in [-0.1, -0.05) is 53.5 Å². The first-order chi connectivity index (χ1) is 9.86. The zero-order valence-corrected chi connectivity index (χ0v) is 13.2. The minimum atomic E-state index is -1.38. The third-order valence-electron chi connectivity index (χ3n) is 3.45. The summed E-state index contributed by atoms with van der Waals surface area (Å²) in [6, 6.07) is 12.4. The molecule has 0 amide bonds. The van der Waals surface area contributed by atoms with Gasteiger partial charge >= 0.3 is 5.97 Å². The standard InChI is InChI=1S/C16H15Cl2NO2/c1-10-6-3-4-9-13(10)19-16(2,15(20)21)11-7-5-8-12(17)14(11)18/h3-9,19H,1-2H3,(H,20,21). The third kappa shape index (κ3) is 2.99. The molecule has 0 spiro atoms. The second-order valence-electron chi connectivity index (χ2n) is 4.97. The molecule has 2 N–H and O–H groups in total. The number of rotatable bonds is 4. The van der Waals surface area contributed by atoms with Gasteiger partial charge in [-0.3, -0.25) is 0 Å². The fraction of sp³-hybridized carbons (Fsp3) is 0.188. The number of aryl methyl sites for hydroxylation is 1. The maximum absolute atomic E-state index is 11.8. The quantitative estimate of drug-likeness (QED) is 0.856. The molecule has 0 radical (unpaired) electrons. The minimum Gasteiger partial charge on any atom is -0.479 e. The van der Waals surface area contributed by atoms with Gasteiger partial charge in [-0.25, -0.2) is 4.79 Å². The number of hydrogen-bond donors (Lipinski definition) is 2. The normalized spacial score (nSPS) is 13.5. The zero-order valence-electron chi connectivity index (χ0n) is 11.7. The van der Waals surface area contributed by atoms with Crippen LogP contribution in [0.1, 0.15) is 18.1 Å². The topological polar surface area (TPSA) is 49.3 Å². The predicted octanol–water partition coefficient (Wildman–Crippen LogP) is 4.71. The molecule has 1 atom stereocenters. The number of hydrogen-bond acceptors (Lipinski definition) is 2. The first-order valence-corrected chi connectivity index (χ1v) is 7.13. The van der Waals surface area contributed by atoms with Crippen molar-refractivity contribution in [2.75, 3.05) is 5.32 Å². The Balaban J connectivity index is 2.54. The highest BCUT2D eigenvalue weighted by Gasteiger charge is 2.37. The Kier molecular flexibility index (Phi) is 4.45. The molecule has 0 saturated carbocycles. The molecule has 21 heavy (non-hydrogen) atoms. The van der Waals surface area contributed by atoms with Gasteiger partial charge in [0.15, 0.2) is 5.54 Å². The Morgan fingerprint density at radius 2 is 1.81 bits per heavy atom. The number of carboxylic acids is 1. The first kappa shape index (κ1) is 15.7. The van der Waals surface area contributed by atoms with Crippen LogP contribution in [0.3, 0.4) is 0 Å². The van der Waals surface area contributed by atoms with Crippen LogP contribution in [-0.2, 0) is 10.3 Å². The summed E-state index contributed by atoms with van der Waals surface area (Å²) >= 11 is 12.2. The van der Waals surface area contributed by atoms with E-state index in [-0.39, 0.29) is 5.02 Å². The molecule has 1 unspecified atom stereocenters. The van der Waals surface area contributed by atoms with Gasteiger partial charge in [0, 0.05) is 11.3 Å². The monoisotopic (exact) mass is 323 g/mol. The lowest BCUT2D eigenvalue weighted by molar-refractivity contribution is -0.142. The summed E-state index contributed by atoms with van der Waals surface area (Å²) in [6.45, 7) is 3.48. The SMILES string of the molecule is Cc1ccccc1NC(C)(C(=O)O)c1cccc(Cl)c1Cl. The molecule has 3 nitrogen and oxygen atoms in total. The van der Waals surface area contributed by atoms with E-state index in [0.717, 1.165) is 11.3 Å². The molecule has 0 aliphatic carbocycles. The van der Waals surface area contributed by atoms with Gasteiger partial charge in [-0.15, -0.1) is 0 Å². The molecule has 110 valence electrons. The molecular weight excluding hydrogens is 309 g/mol. The van der Waals surface area contributed by atoms with E-state index >= 15 is 0 Å². The fourth-order valence-electron chi connectivity index (χ4n) is 2.11. The van der Waals surface area contributed by atoms with Gasteiger partial charge in [-0.05, 0) is 31.5 Å². The van der Waals surface area contributed by atoms with Gasteiger partial charge in [0.1, 0.15) is 0 Å². The second kappa shape index (κ2) is 5.96. The Labute approximate surface area is 133 Å². The number of nitrogens with one attached hydrogen (secondary N) is 1. The average molecular weight is 324 g/mol. The maximum Gasteiger partial charge on any atom is 0.333 e. The van der Waals surface area contributed by atoms with Crippen LogP contribution in [0.15, 0.2) is 42.5 Å². The summed E-state index contributed by atoms with van der Waals surface area (Å²) in [6.07, 6.45) is 0. The van der Waals surface area contributed by atoms with Crippen LogP contribution < -0.4 is 5.32 Å². The summed E-state index contributed by atoms with van der Waals surface area (Å²) in [5, 5.41) is 13.3. The van der Waals surface area contributed by atoms with Crippen molar-refractivity contribution in [1.29, 1.82) is 0 Å². The molecule has 2 aromatic rings. The third-order valence-corrected chi connectivity index (χ3v) is 4.27. The molecule has 0 bridgehead atoms. The Morgan fingerprint density at radius 3 is 2.43 bits per heavy atom. The Hall–Kier alpha value is -1.71. The van der Waals surface area contributed by atoms with E-state index in [4.69, 9.17) is 23.2 Å². The van der Waals surface area contributed by atoms with E-state index < -0.39 is 11.5 Å². The van der Waals surface area contributed by atoms with E-state index in [1.54, 1.807) is 25.1 Å². The second-order valence-corrected chi connectivity index (χ2v) is 5.76. The highest BCUT2D eigenvalue weighted by Crippen LogP contribution is 2.36. The van der Waals surface area contributed by atoms with Crippen molar-refractivity contribution < 1.29 is 9.90 Å². The molecule has 2 aromatic carbocycles. The minimum absolute atomic E-state index is 0.241. The number of anilines is 1. The summed E-state index contributed by atoms with van der Waals surface area (Å²) < 4.78 is 0. The van der Waals surface area contributed by atoms with Gasteiger partial charge in [0.2, 0.25) is 0 Å². The molecule has 0 aliphatic rings. The highest BCUT2D eigenvalue weighted by atomic mass is 35.5. The molecule has 0 saturated heterocycles. The summed E-state index contributed by atoms with van der Waals surface area (Å²) in [4.78, 5) is 11.8. The van der Waals surface area contributed by atoms with E-state index in [2.05, 4.69) is 5.32 Å². The Morgan fingerprint density at radius 1 is 1.14 bits per heavy atom. The summed E-state index contributed by atoms with van der Waals surface area (Å²) in [5.74, 6) is -1.03. The van der Waals surface area contributed by atoms with Crippen LogP contribution in [0.5, 0.6) is 0 Å².